The average Bonchev–Trinajstić information content (AvgIpc) is 1.59. The fourth-order valence-corrected chi connectivity index (χ4v) is 13.9. The van der Waals surface area contributed by atoms with E-state index in [1.807, 2.05) is 198 Å². The second-order valence-electron chi connectivity index (χ2n) is 28.3. The van der Waals surface area contributed by atoms with Crippen molar-refractivity contribution < 1.29 is 28.0 Å². The van der Waals surface area contributed by atoms with Crippen LogP contribution >= 0.6 is 35.1 Å². The Morgan fingerprint density at radius 2 is 0.849 bits per heavy atom. The molecule has 6 aromatic carbocycles. The maximum Gasteiger partial charge on any atom is 0.407 e. The number of nitrogens with zero attached hydrogens (tertiary/aromatic N) is 23. The summed E-state index contributed by atoms with van der Waals surface area (Å²) in [7, 11) is 4.60. The van der Waals surface area contributed by atoms with Gasteiger partial charge in [0.2, 0.25) is 11.1 Å². The molecule has 11 aromatic heterocycles. The number of ether oxygens (including phenoxy) is 4. The second-order valence-corrected chi connectivity index (χ2v) is 31.5. The van der Waals surface area contributed by atoms with Crippen LogP contribution in [0.5, 0.6) is 34.5 Å². The summed E-state index contributed by atoms with van der Waals surface area (Å²) in [5, 5.41) is 14.9. The number of alkyl carbamates (subject to hydrolysis) is 1. The van der Waals surface area contributed by atoms with Crippen LogP contribution in [0.3, 0.4) is 0 Å². The second kappa shape index (κ2) is 35.5. The minimum absolute atomic E-state index is 0.0419. The number of hydrogen-bond acceptors (Lipinski definition) is 31. The van der Waals surface area contributed by atoms with Crippen LogP contribution in [0.4, 0.5) is 45.3 Å². The van der Waals surface area contributed by atoms with E-state index >= 15 is 0 Å². The zero-order chi connectivity index (χ0) is 83.0. The third kappa shape index (κ3) is 19.3. The first-order chi connectivity index (χ1) is 57.5. The van der Waals surface area contributed by atoms with Crippen molar-refractivity contribution in [3.8, 4) is 34.5 Å². The van der Waals surface area contributed by atoms with Crippen LogP contribution in [0.2, 0.25) is 5.15 Å². The van der Waals surface area contributed by atoms with Crippen LogP contribution in [0, 0.1) is 20.8 Å². The Hall–Kier alpha value is -13.6. The van der Waals surface area contributed by atoms with Crippen molar-refractivity contribution in [1.29, 1.82) is 0 Å². The van der Waals surface area contributed by atoms with Crippen LogP contribution in [-0.2, 0) is 36.7 Å². The molecular formula is C82H78ClN27O6S3. The predicted octanol–water partition coefficient (Wildman–Crippen LogP) is 16.2. The molecule has 119 heavy (non-hydrogen) atoms. The van der Waals surface area contributed by atoms with Gasteiger partial charge in [-0.15, -0.1) is 0 Å². The summed E-state index contributed by atoms with van der Waals surface area (Å²) in [5.41, 5.74) is 15.7. The number of aryl methyl sites for hydroxylation is 6. The maximum absolute atomic E-state index is 12.2. The van der Waals surface area contributed by atoms with E-state index in [9.17, 15) is 9.00 Å². The summed E-state index contributed by atoms with van der Waals surface area (Å²) in [5.74, 6) is 6.80. The Labute approximate surface area is 697 Å². The monoisotopic (exact) mass is 1670 g/mol. The molecule has 1 atom stereocenters. The summed E-state index contributed by atoms with van der Waals surface area (Å²) < 4.78 is 41.5. The van der Waals surface area contributed by atoms with E-state index in [0.717, 1.165) is 114 Å². The molecule has 33 nitrogen and oxygen atoms in total. The molecule has 1 amide bonds. The van der Waals surface area contributed by atoms with Crippen LogP contribution in [0.25, 0.3) is 77.2 Å². The topological polar surface area (TPSA) is 382 Å². The molecule has 0 spiro atoms. The van der Waals surface area contributed by atoms with Gasteiger partial charge in [0.25, 0.3) is 0 Å². The maximum atomic E-state index is 12.2. The number of piperidine rings is 1. The highest BCUT2D eigenvalue weighted by Gasteiger charge is 2.26. The summed E-state index contributed by atoms with van der Waals surface area (Å²) in [6.07, 6.45) is 24.3. The Morgan fingerprint density at radius 1 is 0.462 bits per heavy atom. The molecule has 1 unspecified atom stereocenters. The lowest BCUT2D eigenvalue weighted by Gasteiger charge is -2.32. The summed E-state index contributed by atoms with van der Waals surface area (Å²) in [6.45, 7) is 13.0. The summed E-state index contributed by atoms with van der Waals surface area (Å²) in [6, 6.07) is 35.2. The van der Waals surface area contributed by atoms with Crippen molar-refractivity contribution in [3.05, 3.63) is 200 Å². The largest absolute Gasteiger partial charge is 0.457 e. The van der Waals surface area contributed by atoms with E-state index in [4.69, 9.17) is 35.5 Å². The molecule has 602 valence electrons. The van der Waals surface area contributed by atoms with Gasteiger partial charge in [-0.25, -0.2) is 99.5 Å². The van der Waals surface area contributed by atoms with Crippen molar-refractivity contribution in [2.24, 2.45) is 21.1 Å². The number of fused-ring (bicyclic) bond motifs is 7. The van der Waals surface area contributed by atoms with Gasteiger partial charge >= 0.3 is 6.09 Å². The highest BCUT2D eigenvalue weighted by molar-refractivity contribution is 7.98. The molecule has 4 N–H and O–H groups in total. The number of benzene rings is 6. The SMILES string of the molecule is CSc1ncc2ncnc(Cl)c2n1.CSc1ncc2ncnc(Nc3ccc(Oc4ccc5c(c4)ncn5C)c(C)c3)c2n1.Cc1cc(Nc2ncnc3cnc(N4CCC(NC(=O)OC(C)(C)C)CC4)nc23)ccc1Oc1ccc2c(c1)ncn2C.Cc1cc(Nc2ncnc3cnc(S(C)=O)nc23)ccc1Oc1ccc2c(c1)ncn2C. The third-order valence-electron chi connectivity index (χ3n) is 18.6. The quantitative estimate of drug-likeness (QED) is 0.0374. The first-order valence-electron chi connectivity index (χ1n) is 37.1. The molecule has 1 fully saturated rings. The fraction of sp³-hybridized carbons (Fsp3) is 0.220. The van der Waals surface area contributed by atoms with E-state index in [2.05, 4.69) is 116 Å². The van der Waals surface area contributed by atoms with E-state index in [0.29, 0.717) is 96.1 Å². The molecule has 0 radical (unpaired) electrons. The van der Waals surface area contributed by atoms with Crippen molar-refractivity contribution in [2.45, 2.75) is 81.5 Å². The molecule has 12 heterocycles. The smallest absolute Gasteiger partial charge is 0.407 e. The molecule has 37 heteroatoms. The Balaban J connectivity index is 0.000000131. The van der Waals surface area contributed by atoms with Crippen molar-refractivity contribution in [2.75, 3.05) is 52.7 Å². The average molecular weight is 1670 g/mol. The van der Waals surface area contributed by atoms with Crippen molar-refractivity contribution in [1.82, 2.24) is 114 Å². The summed E-state index contributed by atoms with van der Waals surface area (Å²) in [4.78, 5) is 96.2. The van der Waals surface area contributed by atoms with Crippen LogP contribution in [-0.4, -0.2) is 162 Å². The van der Waals surface area contributed by atoms with Gasteiger partial charge in [0, 0.05) is 81.8 Å². The van der Waals surface area contributed by atoms with Crippen molar-refractivity contribution >= 4 is 170 Å². The van der Waals surface area contributed by atoms with Gasteiger partial charge in [0.15, 0.2) is 32.9 Å². The number of carbonyl (C=O) groups excluding carboxylic acids is 1. The Kier molecular flexibility index (Phi) is 24.0. The van der Waals surface area contributed by atoms with E-state index in [1.54, 1.807) is 43.8 Å². The zero-order valence-electron chi connectivity index (χ0n) is 66.5. The normalized spacial score (nSPS) is 12.5. The molecule has 1 aliphatic rings. The lowest BCUT2D eigenvalue weighted by Crippen LogP contribution is -2.46. The minimum Gasteiger partial charge on any atom is -0.457 e. The number of nitrogens with one attached hydrogen (secondary N) is 4. The number of aromatic nitrogens is 22. The lowest BCUT2D eigenvalue weighted by molar-refractivity contribution is 0.0497. The Morgan fingerprint density at radius 3 is 1.26 bits per heavy atom. The number of anilines is 7. The van der Waals surface area contributed by atoms with Gasteiger partial charge in [-0.2, -0.15) is 0 Å². The number of imidazole rings is 3. The number of carbonyl (C=O) groups is 1. The van der Waals surface area contributed by atoms with E-state index < -0.39 is 16.4 Å². The Bertz CT molecular complexity index is 6670. The molecule has 18 rings (SSSR count). The van der Waals surface area contributed by atoms with Gasteiger partial charge in [-0.05, 0) is 175 Å². The minimum atomic E-state index is -1.30. The number of halogens is 1. The number of thioether (sulfide) groups is 2. The number of hydrogen-bond donors (Lipinski definition) is 4. The molecule has 17 aromatic rings. The van der Waals surface area contributed by atoms with Gasteiger partial charge in [0.1, 0.15) is 110 Å². The van der Waals surface area contributed by atoms with Gasteiger partial charge in [-0.1, -0.05) is 35.1 Å². The summed E-state index contributed by atoms with van der Waals surface area (Å²) >= 11 is 8.77. The standard InChI is InChI=1S/C31H35N9O3.C22H19N7O2S.C22H19N7OS.C7H5ClN4S/c1-19-14-21(6-9-26(19)42-22-7-8-25-23(15-22)35-18-39(25)5)36-28-27-24(33-17-34-28)16-32-29(38-27)40-12-10-20(11-13-40)37-30(41)43-31(2,3)4;1-13-8-14(27-21-20-17(24-11-25-21)10-23-22(28-20)32(3)30)4-7-19(13)31-15-5-6-18-16(9-15)26-12-29(18)2;1-13-8-14(27-21-20-17(24-11-25-21)10-23-22(28-20)31-3)4-7-19(13)30-15-5-6-18-16(9-15)26-12-29(18)2;1-13-7-9-2-4-5(12-7)6(8)11-3-10-4/h6-9,14-18,20H,10-13H2,1-5H3,(H,37,41)(H,33,34,36);4-12H,1-3H3,(H,24,25,27);4-12H,1-3H3,(H,24,25,27);2-3H,1H3. The zero-order valence-corrected chi connectivity index (χ0v) is 69.7. The van der Waals surface area contributed by atoms with E-state index in [-0.39, 0.29) is 17.3 Å². The molecule has 1 saturated heterocycles. The number of rotatable bonds is 17. The highest BCUT2D eigenvalue weighted by Crippen LogP contribution is 2.36. The van der Waals surface area contributed by atoms with Crippen LogP contribution in [0.15, 0.2) is 194 Å². The highest BCUT2D eigenvalue weighted by atomic mass is 35.5. The first-order valence-corrected chi connectivity index (χ1v) is 41.5. The first kappa shape index (κ1) is 80.6. The predicted molar refractivity (Wildman–Crippen MR) is 462 cm³/mol. The van der Waals surface area contributed by atoms with Crippen LogP contribution < -0.4 is 40.4 Å². The van der Waals surface area contributed by atoms with Crippen molar-refractivity contribution in [3.63, 3.8) is 0 Å². The lowest BCUT2D eigenvalue weighted by atomic mass is 10.1. The third-order valence-corrected chi connectivity index (χ3v) is 20.7. The molecule has 0 bridgehead atoms. The van der Waals surface area contributed by atoms with E-state index in [1.165, 1.54) is 55.1 Å². The van der Waals surface area contributed by atoms with Crippen LogP contribution in [0.1, 0.15) is 50.3 Å². The van der Waals surface area contributed by atoms with Gasteiger partial charge in [0.05, 0.1) is 87.7 Å². The van der Waals surface area contributed by atoms with Gasteiger partial charge in [-0.3, -0.25) is 4.21 Å². The fourth-order valence-electron chi connectivity index (χ4n) is 12.6. The molecule has 0 saturated carbocycles. The molecule has 1 aliphatic heterocycles. The van der Waals surface area contributed by atoms with Gasteiger partial charge < -0.3 is 58.8 Å². The number of amides is 1. The molecular weight excluding hydrogens is 1590 g/mol. The molecule has 0 aliphatic carbocycles.